The van der Waals surface area contributed by atoms with Gasteiger partial charge in [-0.3, -0.25) is 4.98 Å². The van der Waals surface area contributed by atoms with Crippen LogP contribution in [0.5, 0.6) is 0 Å². The molecule has 0 saturated heterocycles. The van der Waals surface area contributed by atoms with Gasteiger partial charge < -0.3 is 4.42 Å². The molecule has 3 heterocycles. The summed E-state index contributed by atoms with van der Waals surface area (Å²) in [6, 6.07) is 7.66. The molecule has 1 aromatic carbocycles. The SMILES string of the molecule is CC1(C)[C@H]2CC[C@]1(c1cncc(-c3nc(CCC#N)co3)n1)c1nnc(-c3c(F)cccc3F)cc12. The first-order chi connectivity index (χ1) is 17.4. The van der Waals surface area contributed by atoms with Crippen LogP contribution in [-0.2, 0) is 11.8 Å². The lowest BCUT2D eigenvalue weighted by atomic mass is 9.66. The second-order valence-corrected chi connectivity index (χ2v) is 9.94. The minimum absolute atomic E-state index is 0.126. The number of benzene rings is 1. The number of halogens is 2. The normalized spacial score (nSPS) is 21.4. The van der Waals surface area contributed by atoms with Gasteiger partial charge in [-0.05, 0) is 47.9 Å². The largest absolute Gasteiger partial charge is 0.443 e. The van der Waals surface area contributed by atoms with Gasteiger partial charge in [0.2, 0.25) is 5.89 Å². The lowest BCUT2D eigenvalue weighted by Crippen LogP contribution is -2.38. The second-order valence-electron chi connectivity index (χ2n) is 9.94. The van der Waals surface area contributed by atoms with Gasteiger partial charge in [0.1, 0.15) is 23.6 Å². The molecule has 1 saturated carbocycles. The van der Waals surface area contributed by atoms with E-state index in [1.165, 1.54) is 24.5 Å². The van der Waals surface area contributed by atoms with E-state index in [1.807, 2.05) is 0 Å². The van der Waals surface area contributed by atoms with E-state index in [1.54, 1.807) is 18.5 Å². The molecule has 0 spiro atoms. The highest BCUT2D eigenvalue weighted by Gasteiger charge is 2.65. The van der Waals surface area contributed by atoms with Crippen molar-refractivity contribution in [3.8, 4) is 28.9 Å². The molecule has 3 aromatic heterocycles. The van der Waals surface area contributed by atoms with Gasteiger partial charge in [-0.1, -0.05) is 19.9 Å². The van der Waals surface area contributed by atoms with Crippen LogP contribution >= 0.6 is 0 Å². The highest BCUT2D eigenvalue weighted by Crippen LogP contribution is 2.69. The predicted octanol–water partition coefficient (Wildman–Crippen LogP) is 5.53. The van der Waals surface area contributed by atoms with Gasteiger partial charge in [0, 0.05) is 19.0 Å². The quantitative estimate of drug-likeness (QED) is 0.367. The molecule has 0 amide bonds. The molecule has 0 radical (unpaired) electrons. The van der Waals surface area contributed by atoms with Crippen LogP contribution in [0.2, 0.25) is 0 Å². The molecule has 1 fully saturated rings. The standard InChI is InChI=1S/C27H22F2N6O/c1-26(2)17-8-9-27(26,22-13-31-12-21(33-22)25-32-15(14-36-25)5-4-10-30)24-16(17)11-20(34-35-24)23-18(28)6-3-7-19(23)29/h3,6-7,11-14,17H,4-5,8-9H2,1-2H3/t17-,27-/m0/s1. The molecule has 2 atom stereocenters. The summed E-state index contributed by atoms with van der Waals surface area (Å²) in [5.41, 5.74) is 2.82. The Morgan fingerprint density at radius 3 is 2.69 bits per heavy atom. The maximum Gasteiger partial charge on any atom is 0.246 e. The van der Waals surface area contributed by atoms with Crippen molar-refractivity contribution in [3.63, 3.8) is 0 Å². The van der Waals surface area contributed by atoms with Crippen LogP contribution in [0.25, 0.3) is 22.8 Å². The summed E-state index contributed by atoms with van der Waals surface area (Å²) < 4.78 is 34.6. The third-order valence-electron chi connectivity index (χ3n) is 7.94. The molecular formula is C27H22F2N6O. The molecule has 9 heteroatoms. The Hall–Kier alpha value is -4.06. The minimum Gasteiger partial charge on any atom is -0.443 e. The lowest BCUT2D eigenvalue weighted by Gasteiger charge is -2.37. The number of aromatic nitrogens is 5. The molecule has 6 rings (SSSR count). The molecule has 2 aliphatic rings. The van der Waals surface area contributed by atoms with Crippen LogP contribution in [0.4, 0.5) is 8.78 Å². The number of aryl methyl sites for hydroxylation is 1. The van der Waals surface area contributed by atoms with Crippen molar-refractivity contribution >= 4 is 0 Å². The van der Waals surface area contributed by atoms with Gasteiger partial charge in [-0.15, -0.1) is 5.10 Å². The van der Waals surface area contributed by atoms with E-state index in [2.05, 4.69) is 40.1 Å². The highest BCUT2D eigenvalue weighted by molar-refractivity contribution is 5.64. The van der Waals surface area contributed by atoms with E-state index < -0.39 is 17.0 Å². The monoisotopic (exact) mass is 484 g/mol. The molecule has 180 valence electrons. The van der Waals surface area contributed by atoms with Crippen molar-refractivity contribution in [2.24, 2.45) is 5.41 Å². The predicted molar refractivity (Wildman–Crippen MR) is 125 cm³/mol. The maximum absolute atomic E-state index is 14.5. The van der Waals surface area contributed by atoms with E-state index in [4.69, 9.17) is 14.7 Å². The van der Waals surface area contributed by atoms with Crippen molar-refractivity contribution in [3.05, 3.63) is 77.2 Å². The molecule has 7 nitrogen and oxygen atoms in total. The molecule has 0 N–H and O–H groups in total. The first-order valence-corrected chi connectivity index (χ1v) is 11.8. The highest BCUT2D eigenvalue weighted by atomic mass is 19.1. The Bertz CT molecular complexity index is 1520. The summed E-state index contributed by atoms with van der Waals surface area (Å²) in [7, 11) is 0. The second kappa shape index (κ2) is 7.98. The molecule has 0 unspecified atom stereocenters. The number of oxazole rings is 1. The van der Waals surface area contributed by atoms with Gasteiger partial charge in [0.25, 0.3) is 0 Å². The van der Waals surface area contributed by atoms with E-state index in [0.717, 1.165) is 29.8 Å². The topological polar surface area (TPSA) is 101 Å². The molecule has 2 aliphatic carbocycles. The number of nitriles is 1. The Morgan fingerprint density at radius 2 is 1.92 bits per heavy atom. The number of fused-ring (bicyclic) bond motifs is 5. The van der Waals surface area contributed by atoms with Crippen LogP contribution in [-0.4, -0.2) is 25.1 Å². The first-order valence-electron chi connectivity index (χ1n) is 11.8. The molecule has 2 bridgehead atoms. The van der Waals surface area contributed by atoms with Crippen molar-refractivity contribution in [2.45, 2.75) is 50.9 Å². The Morgan fingerprint density at radius 1 is 1.11 bits per heavy atom. The van der Waals surface area contributed by atoms with Crippen LogP contribution in [0.1, 0.15) is 61.7 Å². The summed E-state index contributed by atoms with van der Waals surface area (Å²) >= 11 is 0. The lowest BCUT2D eigenvalue weighted by molar-refractivity contribution is 0.242. The van der Waals surface area contributed by atoms with Crippen molar-refractivity contribution in [1.82, 2.24) is 25.1 Å². The summed E-state index contributed by atoms with van der Waals surface area (Å²) in [6.45, 7) is 4.35. The van der Waals surface area contributed by atoms with Crippen molar-refractivity contribution in [1.29, 1.82) is 5.26 Å². The van der Waals surface area contributed by atoms with Crippen molar-refractivity contribution < 1.29 is 13.2 Å². The third-order valence-corrected chi connectivity index (χ3v) is 7.94. The molecule has 0 aliphatic heterocycles. The summed E-state index contributed by atoms with van der Waals surface area (Å²) in [5, 5.41) is 17.7. The Kier molecular flexibility index (Phi) is 4.97. The average Bonchev–Trinajstić information content (AvgIpc) is 3.50. The zero-order valence-corrected chi connectivity index (χ0v) is 19.8. The fourth-order valence-corrected chi connectivity index (χ4v) is 6.15. The number of rotatable bonds is 5. The molecule has 4 aromatic rings. The first kappa shape index (κ1) is 22.4. The van der Waals surface area contributed by atoms with Crippen LogP contribution in [0.15, 0.2) is 47.3 Å². The third kappa shape index (κ3) is 3.03. The maximum atomic E-state index is 14.5. The molecular weight excluding hydrogens is 462 g/mol. The average molecular weight is 485 g/mol. The van der Waals surface area contributed by atoms with E-state index >= 15 is 0 Å². The number of hydrogen-bond donors (Lipinski definition) is 0. The summed E-state index contributed by atoms with van der Waals surface area (Å²) in [6.07, 6.45) is 7.42. The van der Waals surface area contributed by atoms with Crippen LogP contribution in [0, 0.1) is 28.4 Å². The van der Waals surface area contributed by atoms with E-state index in [-0.39, 0.29) is 22.6 Å². The van der Waals surface area contributed by atoms with E-state index in [0.29, 0.717) is 30.1 Å². The van der Waals surface area contributed by atoms with Gasteiger partial charge >= 0.3 is 0 Å². The van der Waals surface area contributed by atoms with Gasteiger partial charge in [-0.25, -0.2) is 18.7 Å². The Balaban J connectivity index is 1.45. The zero-order valence-electron chi connectivity index (χ0n) is 19.8. The van der Waals surface area contributed by atoms with Gasteiger partial charge in [0.15, 0.2) is 0 Å². The van der Waals surface area contributed by atoms with Gasteiger partial charge in [0.05, 0.1) is 46.0 Å². The summed E-state index contributed by atoms with van der Waals surface area (Å²) in [4.78, 5) is 13.8. The fourth-order valence-electron chi connectivity index (χ4n) is 6.15. The zero-order chi connectivity index (χ0) is 25.1. The van der Waals surface area contributed by atoms with Crippen LogP contribution < -0.4 is 0 Å². The van der Waals surface area contributed by atoms with Crippen molar-refractivity contribution in [2.75, 3.05) is 0 Å². The number of hydrogen-bond acceptors (Lipinski definition) is 7. The number of nitrogens with zero attached hydrogens (tertiary/aromatic N) is 6. The summed E-state index contributed by atoms with van der Waals surface area (Å²) in [5.74, 6) is -0.864. The van der Waals surface area contributed by atoms with Gasteiger partial charge in [-0.2, -0.15) is 10.4 Å². The molecule has 36 heavy (non-hydrogen) atoms. The Labute approximate surface area is 206 Å². The van der Waals surface area contributed by atoms with Crippen LogP contribution in [0.3, 0.4) is 0 Å². The fraction of sp³-hybridized carbons (Fsp3) is 0.333. The van der Waals surface area contributed by atoms with E-state index in [9.17, 15) is 8.78 Å². The smallest absolute Gasteiger partial charge is 0.246 e. The minimum atomic E-state index is -0.667.